The van der Waals surface area contributed by atoms with Gasteiger partial charge in [-0.05, 0) is 26.2 Å². The molecule has 1 aromatic heterocycles. The largest absolute Gasteiger partial charge is 0.318 e. The van der Waals surface area contributed by atoms with Gasteiger partial charge >= 0.3 is 0 Å². The molecule has 4 N–H and O–H groups in total. The van der Waals surface area contributed by atoms with Crippen molar-refractivity contribution >= 4 is 5.91 Å². The lowest BCUT2D eigenvalue weighted by Crippen LogP contribution is -2.30. The minimum atomic E-state index is -0.326. The van der Waals surface area contributed by atoms with Crippen LogP contribution in [0.3, 0.4) is 0 Å². The summed E-state index contributed by atoms with van der Waals surface area (Å²) in [6, 6.07) is 3.55. The zero-order valence-electron chi connectivity index (χ0n) is 10.2. The second-order valence-corrected chi connectivity index (χ2v) is 3.85. The summed E-state index contributed by atoms with van der Waals surface area (Å²) in [5.41, 5.74) is 3.47. The molecule has 1 heterocycles. The Kier molecular flexibility index (Phi) is 5.55. The molecule has 0 aromatic carbocycles. The van der Waals surface area contributed by atoms with Gasteiger partial charge in [-0.2, -0.15) is 0 Å². The number of rotatable bonds is 6. The Balaban J connectivity index is 2.53. The SMILES string of the molecule is CNCCN(C)Cc1ccc(C(=O)NN)cn1. The third-order valence-corrected chi connectivity index (χ3v) is 2.39. The van der Waals surface area contributed by atoms with Crippen LogP contribution in [-0.2, 0) is 6.54 Å². The van der Waals surface area contributed by atoms with Gasteiger partial charge in [0.05, 0.1) is 11.3 Å². The third-order valence-electron chi connectivity index (χ3n) is 2.39. The first-order chi connectivity index (χ1) is 8.17. The molecular formula is C11H19N5O. The molecule has 0 saturated carbocycles. The number of amides is 1. The highest BCUT2D eigenvalue weighted by Crippen LogP contribution is 2.02. The average molecular weight is 237 g/mol. The summed E-state index contributed by atoms with van der Waals surface area (Å²) in [5, 5.41) is 3.09. The van der Waals surface area contributed by atoms with E-state index in [1.54, 1.807) is 6.07 Å². The molecule has 0 aliphatic rings. The van der Waals surface area contributed by atoms with Crippen LogP contribution in [0.4, 0.5) is 0 Å². The molecule has 0 bridgehead atoms. The van der Waals surface area contributed by atoms with Crippen molar-refractivity contribution in [3.63, 3.8) is 0 Å². The van der Waals surface area contributed by atoms with Gasteiger partial charge in [-0.1, -0.05) is 0 Å². The lowest BCUT2D eigenvalue weighted by Gasteiger charge is -2.15. The molecular weight excluding hydrogens is 218 g/mol. The number of nitrogens with zero attached hydrogens (tertiary/aromatic N) is 2. The monoisotopic (exact) mass is 237 g/mol. The second kappa shape index (κ2) is 6.95. The molecule has 0 aliphatic carbocycles. The topological polar surface area (TPSA) is 83.3 Å². The van der Waals surface area contributed by atoms with Crippen molar-refractivity contribution in [1.29, 1.82) is 0 Å². The molecule has 6 nitrogen and oxygen atoms in total. The standard InChI is InChI=1S/C11H19N5O/c1-13-5-6-16(2)8-10-4-3-9(7-14-10)11(17)15-12/h3-4,7,13H,5-6,8,12H2,1-2H3,(H,15,17). The summed E-state index contributed by atoms with van der Waals surface area (Å²) < 4.78 is 0. The van der Waals surface area contributed by atoms with Crippen molar-refractivity contribution in [3.8, 4) is 0 Å². The minimum Gasteiger partial charge on any atom is -0.318 e. The number of carbonyl (C=O) groups excluding carboxylic acids is 1. The molecule has 0 atom stereocenters. The number of nitrogens with one attached hydrogen (secondary N) is 2. The number of likely N-dealkylation sites (N-methyl/N-ethyl adjacent to an activating group) is 2. The van der Waals surface area contributed by atoms with Gasteiger partial charge in [0.15, 0.2) is 0 Å². The number of carbonyl (C=O) groups is 1. The first kappa shape index (κ1) is 13.6. The number of nitrogen functional groups attached to an aromatic ring is 1. The Hall–Kier alpha value is -1.50. The molecule has 0 unspecified atom stereocenters. The molecule has 0 saturated heterocycles. The zero-order valence-corrected chi connectivity index (χ0v) is 10.2. The molecule has 0 fully saturated rings. The van der Waals surface area contributed by atoms with E-state index in [0.29, 0.717) is 5.56 Å². The highest BCUT2D eigenvalue weighted by Gasteiger charge is 2.05. The fraction of sp³-hybridized carbons (Fsp3) is 0.455. The number of aromatic nitrogens is 1. The quantitative estimate of drug-likeness (QED) is 0.347. The van der Waals surface area contributed by atoms with Crippen LogP contribution in [0.2, 0.25) is 0 Å². The highest BCUT2D eigenvalue weighted by molar-refractivity contribution is 5.93. The van der Waals surface area contributed by atoms with Crippen molar-refractivity contribution in [1.82, 2.24) is 20.6 Å². The fourth-order valence-electron chi connectivity index (χ4n) is 1.39. The molecule has 94 valence electrons. The second-order valence-electron chi connectivity index (χ2n) is 3.85. The summed E-state index contributed by atoms with van der Waals surface area (Å²) in [4.78, 5) is 17.6. The van der Waals surface area contributed by atoms with Gasteiger partial charge in [0.1, 0.15) is 0 Å². The normalized spacial score (nSPS) is 10.6. The van der Waals surface area contributed by atoms with Crippen molar-refractivity contribution in [3.05, 3.63) is 29.6 Å². The Morgan fingerprint density at radius 3 is 2.82 bits per heavy atom. The summed E-state index contributed by atoms with van der Waals surface area (Å²) in [6.07, 6.45) is 1.53. The van der Waals surface area contributed by atoms with Crippen molar-refractivity contribution in [2.75, 3.05) is 27.2 Å². The molecule has 6 heteroatoms. The number of hydrogen-bond acceptors (Lipinski definition) is 5. The van der Waals surface area contributed by atoms with Crippen molar-refractivity contribution < 1.29 is 4.79 Å². The van der Waals surface area contributed by atoms with Crippen LogP contribution >= 0.6 is 0 Å². The zero-order chi connectivity index (χ0) is 12.7. The smallest absolute Gasteiger partial charge is 0.266 e. The Morgan fingerprint density at radius 2 is 2.29 bits per heavy atom. The van der Waals surface area contributed by atoms with E-state index >= 15 is 0 Å². The molecule has 1 amide bonds. The first-order valence-electron chi connectivity index (χ1n) is 5.46. The van der Waals surface area contributed by atoms with Crippen LogP contribution in [0.25, 0.3) is 0 Å². The Labute approximate surface area is 101 Å². The maximum Gasteiger partial charge on any atom is 0.266 e. The molecule has 17 heavy (non-hydrogen) atoms. The summed E-state index contributed by atoms with van der Waals surface area (Å²) in [6.45, 7) is 2.64. The molecule has 0 radical (unpaired) electrons. The molecule has 1 aromatic rings. The lowest BCUT2D eigenvalue weighted by molar-refractivity contribution is 0.0953. The summed E-state index contributed by atoms with van der Waals surface area (Å²) in [7, 11) is 3.95. The van der Waals surface area contributed by atoms with Gasteiger partial charge in [0.25, 0.3) is 5.91 Å². The lowest BCUT2D eigenvalue weighted by atomic mass is 10.2. The van der Waals surface area contributed by atoms with E-state index in [1.165, 1.54) is 6.20 Å². The highest BCUT2D eigenvalue weighted by atomic mass is 16.2. The van der Waals surface area contributed by atoms with Crippen LogP contribution in [0, 0.1) is 0 Å². The van der Waals surface area contributed by atoms with E-state index in [0.717, 1.165) is 25.3 Å². The predicted molar refractivity (Wildman–Crippen MR) is 66.2 cm³/mol. The van der Waals surface area contributed by atoms with Gasteiger partial charge in [-0.25, -0.2) is 5.84 Å². The van der Waals surface area contributed by atoms with Gasteiger partial charge in [0, 0.05) is 25.8 Å². The van der Waals surface area contributed by atoms with E-state index in [2.05, 4.69) is 20.6 Å². The van der Waals surface area contributed by atoms with Crippen LogP contribution < -0.4 is 16.6 Å². The minimum absolute atomic E-state index is 0.326. The summed E-state index contributed by atoms with van der Waals surface area (Å²) in [5.74, 6) is 4.71. The Morgan fingerprint density at radius 1 is 1.53 bits per heavy atom. The van der Waals surface area contributed by atoms with Gasteiger partial charge in [-0.15, -0.1) is 0 Å². The molecule has 0 spiro atoms. The fourth-order valence-corrected chi connectivity index (χ4v) is 1.39. The van der Waals surface area contributed by atoms with Crippen LogP contribution in [0.1, 0.15) is 16.1 Å². The van der Waals surface area contributed by atoms with Crippen LogP contribution in [0.15, 0.2) is 18.3 Å². The maximum absolute atomic E-state index is 11.2. The van der Waals surface area contributed by atoms with Crippen molar-refractivity contribution in [2.24, 2.45) is 5.84 Å². The van der Waals surface area contributed by atoms with E-state index in [4.69, 9.17) is 5.84 Å². The van der Waals surface area contributed by atoms with Crippen LogP contribution in [-0.4, -0.2) is 43.0 Å². The summed E-state index contributed by atoms with van der Waals surface area (Å²) >= 11 is 0. The van der Waals surface area contributed by atoms with E-state index < -0.39 is 0 Å². The maximum atomic E-state index is 11.2. The third kappa shape index (κ3) is 4.48. The molecule has 0 aliphatic heterocycles. The van der Waals surface area contributed by atoms with Gasteiger partial charge in [-0.3, -0.25) is 20.1 Å². The number of nitrogens with two attached hydrogens (primary N) is 1. The Bertz CT molecular complexity index is 351. The van der Waals surface area contributed by atoms with E-state index in [-0.39, 0.29) is 5.91 Å². The van der Waals surface area contributed by atoms with Gasteiger partial charge in [0.2, 0.25) is 0 Å². The van der Waals surface area contributed by atoms with E-state index in [9.17, 15) is 4.79 Å². The average Bonchev–Trinajstić information content (AvgIpc) is 2.36. The van der Waals surface area contributed by atoms with Crippen LogP contribution in [0.5, 0.6) is 0 Å². The van der Waals surface area contributed by atoms with Crippen molar-refractivity contribution in [2.45, 2.75) is 6.54 Å². The first-order valence-corrected chi connectivity index (χ1v) is 5.46. The number of pyridine rings is 1. The predicted octanol–water partition coefficient (Wildman–Crippen LogP) is -0.664. The van der Waals surface area contributed by atoms with Gasteiger partial charge < -0.3 is 5.32 Å². The molecule has 1 rings (SSSR count). The van der Waals surface area contributed by atoms with E-state index in [1.807, 2.05) is 20.2 Å². The number of hydrogen-bond donors (Lipinski definition) is 3. The number of hydrazine groups is 1.